The summed E-state index contributed by atoms with van der Waals surface area (Å²) in [7, 11) is 0. The second-order valence-corrected chi connectivity index (χ2v) is 6.59. The van der Waals surface area contributed by atoms with E-state index in [4.69, 9.17) is 0 Å². The highest BCUT2D eigenvalue weighted by atomic mass is 15.1. The maximum Gasteiger partial charge on any atom is 0.00103 e. The predicted molar refractivity (Wildman–Crippen MR) is 81.0 cm³/mol. The molecular weight excluding hydrogens is 220 g/mol. The summed E-state index contributed by atoms with van der Waals surface area (Å²) in [6.45, 7) is 14.4. The number of unbranched alkanes of at least 4 members (excludes halogenated alkanes) is 2. The van der Waals surface area contributed by atoms with Crippen LogP contribution in [-0.4, -0.2) is 37.1 Å². The molecule has 0 aromatic heterocycles. The van der Waals surface area contributed by atoms with Gasteiger partial charge < -0.3 is 10.2 Å². The summed E-state index contributed by atoms with van der Waals surface area (Å²) in [6.07, 6.45) is 6.94. The number of piperidine rings is 1. The summed E-state index contributed by atoms with van der Waals surface area (Å²) in [4.78, 5) is 2.68. The molecule has 0 radical (unpaired) electrons. The van der Waals surface area contributed by atoms with Crippen LogP contribution in [0.5, 0.6) is 0 Å². The Morgan fingerprint density at radius 2 is 1.67 bits per heavy atom. The first-order chi connectivity index (χ1) is 8.59. The van der Waals surface area contributed by atoms with Crippen LogP contribution in [0, 0.1) is 11.8 Å². The van der Waals surface area contributed by atoms with Gasteiger partial charge in [0.1, 0.15) is 0 Å². The molecule has 1 N–H and O–H groups in total. The molecule has 0 saturated carbocycles. The second kappa shape index (κ2) is 8.92. The molecule has 18 heavy (non-hydrogen) atoms. The van der Waals surface area contributed by atoms with E-state index in [1.807, 2.05) is 0 Å². The third-order valence-electron chi connectivity index (χ3n) is 4.28. The van der Waals surface area contributed by atoms with E-state index in [2.05, 4.69) is 37.9 Å². The maximum atomic E-state index is 3.49. The van der Waals surface area contributed by atoms with Gasteiger partial charge in [0.25, 0.3) is 0 Å². The lowest BCUT2D eigenvalue weighted by Gasteiger charge is -2.33. The summed E-state index contributed by atoms with van der Waals surface area (Å²) in [5.41, 5.74) is 0. The van der Waals surface area contributed by atoms with Crippen molar-refractivity contribution in [2.24, 2.45) is 11.8 Å². The van der Waals surface area contributed by atoms with Crippen LogP contribution >= 0.6 is 0 Å². The summed E-state index contributed by atoms with van der Waals surface area (Å²) < 4.78 is 0. The largest absolute Gasteiger partial charge is 0.315 e. The quantitative estimate of drug-likeness (QED) is 0.667. The first-order valence-corrected chi connectivity index (χ1v) is 8.05. The van der Waals surface area contributed by atoms with Crippen molar-refractivity contribution in [2.45, 2.75) is 65.8 Å². The van der Waals surface area contributed by atoms with Crippen LogP contribution in [0.15, 0.2) is 0 Å². The van der Waals surface area contributed by atoms with Crippen LogP contribution in [-0.2, 0) is 0 Å². The highest BCUT2D eigenvalue weighted by Crippen LogP contribution is 2.24. The predicted octanol–water partition coefficient (Wildman–Crippen LogP) is 3.52. The molecule has 0 amide bonds. The number of hydrogen-bond acceptors (Lipinski definition) is 2. The van der Waals surface area contributed by atoms with Gasteiger partial charge in [0.2, 0.25) is 0 Å². The second-order valence-electron chi connectivity index (χ2n) is 6.59. The Balaban J connectivity index is 1.95. The van der Waals surface area contributed by atoms with Gasteiger partial charge in [0.15, 0.2) is 0 Å². The average Bonchev–Trinajstić information content (AvgIpc) is 2.34. The van der Waals surface area contributed by atoms with E-state index in [9.17, 15) is 0 Å². The molecule has 2 nitrogen and oxygen atoms in total. The Morgan fingerprint density at radius 1 is 1.00 bits per heavy atom. The molecule has 1 aliphatic rings. The molecule has 0 aromatic carbocycles. The van der Waals surface area contributed by atoms with Crippen molar-refractivity contribution in [1.29, 1.82) is 0 Å². The molecule has 1 heterocycles. The number of hydrogen-bond donors (Lipinski definition) is 1. The van der Waals surface area contributed by atoms with E-state index in [1.165, 1.54) is 58.3 Å². The van der Waals surface area contributed by atoms with E-state index >= 15 is 0 Å². The zero-order valence-corrected chi connectivity index (χ0v) is 13.0. The first kappa shape index (κ1) is 16.0. The normalized spacial score (nSPS) is 19.0. The summed E-state index contributed by atoms with van der Waals surface area (Å²) in [6, 6.07) is 0.639. The Kier molecular flexibility index (Phi) is 7.92. The molecule has 0 bridgehead atoms. The van der Waals surface area contributed by atoms with Gasteiger partial charge in [-0.1, -0.05) is 34.1 Å². The molecule has 0 aliphatic carbocycles. The van der Waals surface area contributed by atoms with Crippen molar-refractivity contribution in [1.82, 2.24) is 10.2 Å². The number of nitrogens with zero attached hydrogens (tertiary/aromatic N) is 1. The van der Waals surface area contributed by atoms with E-state index in [-0.39, 0.29) is 0 Å². The third-order valence-corrected chi connectivity index (χ3v) is 4.28. The van der Waals surface area contributed by atoms with Gasteiger partial charge in [-0.2, -0.15) is 0 Å². The molecule has 1 fully saturated rings. The minimum atomic E-state index is 0.639. The lowest BCUT2D eigenvalue weighted by atomic mass is 9.87. The third kappa shape index (κ3) is 6.75. The molecular formula is C16H34N2. The van der Waals surface area contributed by atoms with Gasteiger partial charge in [-0.25, -0.2) is 0 Å². The van der Waals surface area contributed by atoms with Crippen LogP contribution in [0.3, 0.4) is 0 Å². The minimum absolute atomic E-state index is 0.639. The number of likely N-dealkylation sites (tertiary alicyclic amines) is 1. The smallest absolute Gasteiger partial charge is 0.00103 e. The molecule has 2 heteroatoms. The molecule has 0 atom stereocenters. The van der Waals surface area contributed by atoms with Crippen LogP contribution in [0.25, 0.3) is 0 Å². The fraction of sp³-hybridized carbons (Fsp3) is 1.00. The molecule has 0 spiro atoms. The molecule has 1 saturated heterocycles. The van der Waals surface area contributed by atoms with E-state index < -0.39 is 0 Å². The van der Waals surface area contributed by atoms with Crippen molar-refractivity contribution >= 4 is 0 Å². The fourth-order valence-electron chi connectivity index (χ4n) is 2.87. The molecule has 108 valence electrons. The van der Waals surface area contributed by atoms with Gasteiger partial charge in [0.05, 0.1) is 0 Å². The van der Waals surface area contributed by atoms with Crippen molar-refractivity contribution in [3.05, 3.63) is 0 Å². The number of nitrogens with one attached hydrogen (secondary N) is 1. The SMILES string of the molecule is CC(C)NCCCCCN1CCC(C(C)C)CC1. The number of rotatable bonds is 8. The van der Waals surface area contributed by atoms with Gasteiger partial charge >= 0.3 is 0 Å². The summed E-state index contributed by atoms with van der Waals surface area (Å²) >= 11 is 0. The van der Waals surface area contributed by atoms with Crippen LogP contribution in [0.1, 0.15) is 59.8 Å². The monoisotopic (exact) mass is 254 g/mol. The Bertz CT molecular complexity index is 193. The highest BCUT2D eigenvalue weighted by molar-refractivity contribution is 4.74. The van der Waals surface area contributed by atoms with Crippen LogP contribution in [0.4, 0.5) is 0 Å². The van der Waals surface area contributed by atoms with E-state index in [0.717, 1.165) is 11.8 Å². The molecule has 0 aromatic rings. The Labute approximate surface area is 115 Å². The van der Waals surface area contributed by atoms with E-state index in [1.54, 1.807) is 0 Å². The maximum absolute atomic E-state index is 3.49. The van der Waals surface area contributed by atoms with Gasteiger partial charge in [-0.15, -0.1) is 0 Å². The van der Waals surface area contributed by atoms with Gasteiger partial charge in [-0.05, 0) is 63.7 Å². The van der Waals surface area contributed by atoms with Gasteiger partial charge in [-0.3, -0.25) is 0 Å². The van der Waals surface area contributed by atoms with Crippen molar-refractivity contribution in [2.75, 3.05) is 26.2 Å². The molecule has 1 rings (SSSR count). The fourth-order valence-corrected chi connectivity index (χ4v) is 2.87. The minimum Gasteiger partial charge on any atom is -0.315 e. The van der Waals surface area contributed by atoms with Crippen molar-refractivity contribution in [3.63, 3.8) is 0 Å². The van der Waals surface area contributed by atoms with E-state index in [0.29, 0.717) is 6.04 Å². The summed E-state index contributed by atoms with van der Waals surface area (Å²) in [5, 5.41) is 3.49. The zero-order valence-electron chi connectivity index (χ0n) is 13.0. The molecule has 1 aliphatic heterocycles. The van der Waals surface area contributed by atoms with Crippen molar-refractivity contribution < 1.29 is 0 Å². The van der Waals surface area contributed by atoms with Gasteiger partial charge in [0, 0.05) is 6.04 Å². The topological polar surface area (TPSA) is 15.3 Å². The standard InChI is InChI=1S/C16H34N2/c1-14(2)16-8-12-18(13-9-16)11-7-5-6-10-17-15(3)4/h14-17H,5-13H2,1-4H3. The average molecular weight is 254 g/mol. The Hall–Kier alpha value is -0.0800. The van der Waals surface area contributed by atoms with Crippen molar-refractivity contribution in [3.8, 4) is 0 Å². The highest BCUT2D eigenvalue weighted by Gasteiger charge is 2.20. The lowest BCUT2D eigenvalue weighted by molar-refractivity contribution is 0.155. The summed E-state index contributed by atoms with van der Waals surface area (Å²) in [5.74, 6) is 1.87. The van der Waals surface area contributed by atoms with Crippen LogP contribution in [0.2, 0.25) is 0 Å². The lowest BCUT2D eigenvalue weighted by Crippen LogP contribution is -2.35. The molecule has 0 unspecified atom stereocenters. The van der Waals surface area contributed by atoms with Crippen LogP contribution < -0.4 is 5.32 Å². The first-order valence-electron chi connectivity index (χ1n) is 8.05. The Morgan fingerprint density at radius 3 is 2.22 bits per heavy atom. The zero-order chi connectivity index (χ0) is 13.4.